The van der Waals surface area contributed by atoms with E-state index in [4.69, 9.17) is 0 Å². The second kappa shape index (κ2) is 5.81. The Morgan fingerprint density at radius 3 is 1.40 bits per heavy atom. The molecular weight excluding hydrogens is 252 g/mol. The lowest BCUT2D eigenvalue weighted by Crippen LogP contribution is -2.64. The number of carbonyl (C=O) groups is 2. The summed E-state index contributed by atoms with van der Waals surface area (Å²) in [5.41, 5.74) is 2.04. The van der Waals surface area contributed by atoms with Crippen molar-refractivity contribution >= 4 is 11.8 Å². The minimum atomic E-state index is 0.0917. The van der Waals surface area contributed by atoms with E-state index in [0.717, 1.165) is 24.0 Å². The highest BCUT2D eigenvalue weighted by Crippen LogP contribution is 2.29. The largest absolute Gasteiger partial charge is 0.332 e. The number of fused-ring (bicyclic) bond motifs is 3. The van der Waals surface area contributed by atoms with Crippen molar-refractivity contribution in [2.45, 2.75) is 52.6 Å². The molecule has 0 radical (unpaired) electrons. The fraction of sp³-hybridized carbons (Fsp3) is 0.625. The second-order valence-corrected chi connectivity index (χ2v) is 6.31. The summed E-state index contributed by atoms with van der Waals surface area (Å²) in [5.74, 6) is 0.183. The summed E-state index contributed by atoms with van der Waals surface area (Å²) in [6, 6.07) is 0.357. The Balaban J connectivity index is 2.09. The summed E-state index contributed by atoms with van der Waals surface area (Å²) in [6.45, 7) is 9.09. The molecule has 4 heteroatoms. The van der Waals surface area contributed by atoms with Crippen molar-refractivity contribution in [1.82, 2.24) is 9.80 Å². The number of hydrogen-bond donors (Lipinski definition) is 0. The standard InChI is InChI=1S/C16H24N2O2/c1-11(2)7-15(19)17-9-14-6-5-13(17)10-18(14)16(20)8-12(3)4/h7-8,13-14H,5-6,9-10H2,1-4H3. The third kappa shape index (κ3) is 3.11. The highest BCUT2D eigenvalue weighted by molar-refractivity contribution is 5.90. The SMILES string of the molecule is CC(C)=CC(=O)N1CC2CCC1CN2C(=O)C=C(C)C. The van der Waals surface area contributed by atoms with Gasteiger partial charge in [0.05, 0.1) is 0 Å². The van der Waals surface area contributed by atoms with Crippen LogP contribution in [0.5, 0.6) is 0 Å². The van der Waals surface area contributed by atoms with Crippen molar-refractivity contribution in [2.75, 3.05) is 13.1 Å². The maximum absolute atomic E-state index is 12.2. The molecule has 0 aromatic rings. The van der Waals surface area contributed by atoms with Gasteiger partial charge in [-0.1, -0.05) is 11.1 Å². The molecule has 0 N–H and O–H groups in total. The molecule has 3 aliphatic rings. The maximum Gasteiger partial charge on any atom is 0.246 e. The van der Waals surface area contributed by atoms with E-state index in [1.165, 1.54) is 0 Å². The van der Waals surface area contributed by atoms with Crippen LogP contribution in [0.4, 0.5) is 0 Å². The summed E-state index contributed by atoms with van der Waals surface area (Å²) in [7, 11) is 0. The Labute approximate surface area is 121 Å². The molecular formula is C16H24N2O2. The highest BCUT2D eigenvalue weighted by Gasteiger charge is 2.41. The molecule has 3 saturated heterocycles. The quantitative estimate of drug-likeness (QED) is 0.725. The van der Waals surface area contributed by atoms with Crippen LogP contribution in [0.1, 0.15) is 40.5 Å². The van der Waals surface area contributed by atoms with Gasteiger partial charge in [-0.3, -0.25) is 9.59 Å². The van der Waals surface area contributed by atoms with Gasteiger partial charge in [-0.05, 0) is 40.5 Å². The number of amides is 2. The van der Waals surface area contributed by atoms with Crippen molar-refractivity contribution in [1.29, 1.82) is 0 Å². The lowest BCUT2D eigenvalue weighted by molar-refractivity contribution is -0.146. The molecule has 2 atom stereocenters. The zero-order valence-electron chi connectivity index (χ0n) is 12.8. The van der Waals surface area contributed by atoms with E-state index in [9.17, 15) is 9.59 Å². The van der Waals surface area contributed by atoms with Gasteiger partial charge in [0.1, 0.15) is 0 Å². The van der Waals surface area contributed by atoms with E-state index in [1.54, 1.807) is 12.2 Å². The van der Waals surface area contributed by atoms with Crippen LogP contribution >= 0.6 is 0 Å². The zero-order valence-corrected chi connectivity index (χ0v) is 12.8. The lowest BCUT2D eigenvalue weighted by Gasteiger charge is -2.51. The molecule has 110 valence electrons. The van der Waals surface area contributed by atoms with Crippen LogP contribution in [-0.4, -0.2) is 46.8 Å². The summed E-state index contributed by atoms with van der Waals surface area (Å²) >= 11 is 0. The van der Waals surface area contributed by atoms with Crippen LogP contribution in [0.15, 0.2) is 23.3 Å². The average Bonchev–Trinajstić information content (AvgIpc) is 2.37. The molecule has 4 nitrogen and oxygen atoms in total. The first kappa shape index (κ1) is 14.8. The fourth-order valence-corrected chi connectivity index (χ4v) is 3.03. The first-order valence-electron chi connectivity index (χ1n) is 7.29. The van der Waals surface area contributed by atoms with Crippen molar-refractivity contribution < 1.29 is 9.59 Å². The van der Waals surface area contributed by atoms with Crippen molar-refractivity contribution in [3.8, 4) is 0 Å². The maximum atomic E-state index is 12.2. The molecule has 0 aromatic heterocycles. The van der Waals surface area contributed by atoms with Crippen molar-refractivity contribution in [2.24, 2.45) is 0 Å². The minimum Gasteiger partial charge on any atom is -0.332 e. The number of carbonyl (C=O) groups excluding carboxylic acids is 2. The van der Waals surface area contributed by atoms with E-state index in [0.29, 0.717) is 13.1 Å². The Bertz CT molecular complexity index is 427. The van der Waals surface area contributed by atoms with Gasteiger partial charge in [0.2, 0.25) is 11.8 Å². The fourth-order valence-electron chi connectivity index (χ4n) is 3.03. The van der Waals surface area contributed by atoms with Crippen LogP contribution in [0.2, 0.25) is 0 Å². The first-order chi connectivity index (χ1) is 9.38. The minimum absolute atomic E-state index is 0.0917. The van der Waals surface area contributed by atoms with Crippen molar-refractivity contribution in [3.63, 3.8) is 0 Å². The topological polar surface area (TPSA) is 40.6 Å². The predicted octanol–water partition coefficient (Wildman–Crippen LogP) is 2.12. The zero-order chi connectivity index (χ0) is 14.9. The van der Waals surface area contributed by atoms with Gasteiger partial charge in [-0.15, -0.1) is 0 Å². The van der Waals surface area contributed by atoms with Gasteiger partial charge in [0.25, 0.3) is 0 Å². The highest BCUT2D eigenvalue weighted by atomic mass is 16.2. The van der Waals surface area contributed by atoms with E-state index in [-0.39, 0.29) is 23.9 Å². The first-order valence-corrected chi connectivity index (χ1v) is 7.29. The van der Waals surface area contributed by atoms with Gasteiger partial charge >= 0.3 is 0 Å². The van der Waals surface area contributed by atoms with Gasteiger partial charge in [0.15, 0.2) is 0 Å². The van der Waals surface area contributed by atoms with Crippen LogP contribution in [0.3, 0.4) is 0 Å². The van der Waals surface area contributed by atoms with E-state index < -0.39 is 0 Å². The molecule has 3 aliphatic heterocycles. The molecule has 3 heterocycles. The summed E-state index contributed by atoms with van der Waals surface area (Å²) in [6.07, 6.45) is 5.41. The van der Waals surface area contributed by atoms with Crippen LogP contribution in [0.25, 0.3) is 0 Å². The molecule has 3 fully saturated rings. The van der Waals surface area contributed by atoms with E-state index >= 15 is 0 Å². The summed E-state index contributed by atoms with van der Waals surface area (Å²) in [4.78, 5) is 28.2. The van der Waals surface area contributed by atoms with Gasteiger partial charge in [-0.25, -0.2) is 0 Å². The van der Waals surface area contributed by atoms with E-state index in [2.05, 4.69) is 0 Å². The van der Waals surface area contributed by atoms with Gasteiger partial charge in [0, 0.05) is 37.3 Å². The normalized spacial score (nSPS) is 24.4. The van der Waals surface area contributed by atoms with Crippen LogP contribution in [0, 0.1) is 0 Å². The number of allylic oxidation sites excluding steroid dienone is 2. The van der Waals surface area contributed by atoms with Gasteiger partial charge < -0.3 is 9.80 Å². The average molecular weight is 276 g/mol. The third-order valence-corrected chi connectivity index (χ3v) is 3.92. The molecule has 0 saturated carbocycles. The van der Waals surface area contributed by atoms with Crippen LogP contribution in [-0.2, 0) is 9.59 Å². The number of nitrogens with zero attached hydrogens (tertiary/aromatic N) is 2. The molecule has 2 amide bonds. The summed E-state index contributed by atoms with van der Waals surface area (Å²) in [5, 5.41) is 0. The monoisotopic (exact) mass is 276 g/mol. The molecule has 2 bridgehead atoms. The van der Waals surface area contributed by atoms with Crippen LogP contribution < -0.4 is 0 Å². The Kier molecular flexibility index (Phi) is 4.31. The second-order valence-electron chi connectivity index (χ2n) is 6.31. The van der Waals surface area contributed by atoms with Gasteiger partial charge in [-0.2, -0.15) is 0 Å². The smallest absolute Gasteiger partial charge is 0.246 e. The molecule has 3 rings (SSSR count). The number of rotatable bonds is 2. The Morgan fingerprint density at radius 2 is 1.15 bits per heavy atom. The molecule has 0 aliphatic carbocycles. The molecule has 20 heavy (non-hydrogen) atoms. The predicted molar refractivity (Wildman–Crippen MR) is 79.1 cm³/mol. The summed E-state index contributed by atoms with van der Waals surface area (Å²) < 4.78 is 0. The number of piperidine rings is 2. The molecule has 0 aromatic carbocycles. The molecule has 0 spiro atoms. The van der Waals surface area contributed by atoms with E-state index in [1.807, 2.05) is 37.5 Å². The third-order valence-electron chi connectivity index (χ3n) is 3.92. The number of hydrogen-bond acceptors (Lipinski definition) is 2. The lowest BCUT2D eigenvalue weighted by atomic mass is 9.90. The molecule has 2 unspecified atom stereocenters. The Hall–Kier alpha value is -1.58. The van der Waals surface area contributed by atoms with Crippen molar-refractivity contribution in [3.05, 3.63) is 23.3 Å². The Morgan fingerprint density at radius 1 is 0.800 bits per heavy atom. The number of piperazine rings is 1.